The largest absolute Gasteiger partial charge is 0.488 e. The fraction of sp³-hybridized carbons (Fsp3) is 0.538. The Bertz CT molecular complexity index is 339. The summed E-state index contributed by atoms with van der Waals surface area (Å²) in [6.07, 6.45) is 2.00. The molecule has 1 aromatic rings. The average molecular weight is 225 g/mol. The molecule has 0 bridgehead atoms. The van der Waals surface area contributed by atoms with E-state index >= 15 is 0 Å². The summed E-state index contributed by atoms with van der Waals surface area (Å²) in [4.78, 5) is 0. The third-order valence-electron chi connectivity index (χ3n) is 2.51. The van der Waals surface area contributed by atoms with Crippen molar-refractivity contribution in [3.63, 3.8) is 0 Å². The van der Waals surface area contributed by atoms with Gasteiger partial charge in [-0.15, -0.1) is 0 Å². The minimum atomic E-state index is -0.335. The highest BCUT2D eigenvalue weighted by molar-refractivity contribution is 5.30. The third kappa shape index (κ3) is 3.49. The van der Waals surface area contributed by atoms with Crippen molar-refractivity contribution in [3.05, 3.63) is 29.6 Å². The van der Waals surface area contributed by atoms with Crippen LogP contribution in [0.5, 0.6) is 5.75 Å². The Morgan fingerprint density at radius 1 is 1.38 bits per heavy atom. The molecule has 0 fully saturated rings. The molecule has 0 aliphatic rings. The summed E-state index contributed by atoms with van der Waals surface area (Å²) in [6, 6.07) is 4.75. The van der Waals surface area contributed by atoms with Crippen molar-refractivity contribution in [2.75, 3.05) is 0 Å². The summed E-state index contributed by atoms with van der Waals surface area (Å²) in [5, 5.41) is 0. The molecule has 16 heavy (non-hydrogen) atoms. The van der Waals surface area contributed by atoms with Gasteiger partial charge >= 0.3 is 0 Å². The highest BCUT2D eigenvalue weighted by atomic mass is 19.1. The van der Waals surface area contributed by atoms with Gasteiger partial charge in [-0.1, -0.05) is 19.4 Å². The van der Waals surface area contributed by atoms with E-state index in [9.17, 15) is 4.39 Å². The molecule has 0 aromatic heterocycles. The number of ether oxygens (including phenoxy) is 1. The molecule has 0 saturated carbocycles. The maximum Gasteiger partial charge on any atom is 0.165 e. The predicted octanol–water partition coefficient (Wildman–Crippen LogP) is 3.41. The molecule has 90 valence electrons. The van der Waals surface area contributed by atoms with Gasteiger partial charge in [-0.3, -0.25) is 0 Å². The van der Waals surface area contributed by atoms with Crippen molar-refractivity contribution < 1.29 is 9.13 Å². The van der Waals surface area contributed by atoms with Crippen LogP contribution in [0.1, 0.15) is 45.2 Å². The van der Waals surface area contributed by atoms with Crippen LogP contribution in [0.15, 0.2) is 18.2 Å². The molecule has 0 aliphatic heterocycles. The van der Waals surface area contributed by atoms with Crippen LogP contribution in [0.4, 0.5) is 4.39 Å². The van der Waals surface area contributed by atoms with Crippen LogP contribution in [0, 0.1) is 5.82 Å². The van der Waals surface area contributed by atoms with Crippen LogP contribution in [-0.4, -0.2) is 6.10 Å². The number of rotatable bonds is 5. The lowest BCUT2D eigenvalue weighted by atomic mass is 10.1. The van der Waals surface area contributed by atoms with E-state index in [0.29, 0.717) is 5.75 Å². The summed E-state index contributed by atoms with van der Waals surface area (Å²) >= 11 is 0. The number of hydrogen-bond donors (Lipinski definition) is 1. The summed E-state index contributed by atoms with van der Waals surface area (Å²) in [6.45, 7) is 5.85. The zero-order valence-electron chi connectivity index (χ0n) is 10.2. The SMILES string of the molecule is CCCC(C)Oc1ccc([C@H](C)N)cc1F. The standard InChI is InChI=1S/C13H20FNO/c1-4-5-9(2)16-13-7-6-11(10(3)15)8-12(13)14/h6-10H,4-5,15H2,1-3H3/t9?,10-/m0/s1. The van der Waals surface area contributed by atoms with Crippen molar-refractivity contribution in [2.45, 2.75) is 45.8 Å². The van der Waals surface area contributed by atoms with E-state index in [-0.39, 0.29) is 18.0 Å². The smallest absolute Gasteiger partial charge is 0.165 e. The van der Waals surface area contributed by atoms with Gasteiger partial charge in [0, 0.05) is 6.04 Å². The molecule has 0 amide bonds. The van der Waals surface area contributed by atoms with Crippen molar-refractivity contribution in [2.24, 2.45) is 5.73 Å². The first-order valence-electron chi connectivity index (χ1n) is 5.76. The molecule has 0 aliphatic carbocycles. The van der Waals surface area contributed by atoms with Gasteiger partial charge in [-0.25, -0.2) is 4.39 Å². The van der Waals surface area contributed by atoms with Crippen LogP contribution in [0.2, 0.25) is 0 Å². The second kappa shape index (κ2) is 5.85. The summed E-state index contributed by atoms with van der Waals surface area (Å²) in [5.74, 6) is -0.0249. The minimum Gasteiger partial charge on any atom is -0.488 e. The van der Waals surface area contributed by atoms with E-state index in [0.717, 1.165) is 18.4 Å². The van der Waals surface area contributed by atoms with Crippen LogP contribution in [0.3, 0.4) is 0 Å². The molecular formula is C13H20FNO. The molecule has 1 aromatic carbocycles. The summed E-state index contributed by atoms with van der Waals surface area (Å²) in [7, 11) is 0. The van der Waals surface area contributed by atoms with Gasteiger partial charge in [-0.2, -0.15) is 0 Å². The van der Waals surface area contributed by atoms with Gasteiger partial charge in [0.05, 0.1) is 6.10 Å². The van der Waals surface area contributed by atoms with Crippen LogP contribution >= 0.6 is 0 Å². The van der Waals surface area contributed by atoms with Crippen LogP contribution in [0.25, 0.3) is 0 Å². The molecule has 1 rings (SSSR count). The van der Waals surface area contributed by atoms with Crippen molar-refractivity contribution in [1.82, 2.24) is 0 Å². The molecule has 3 heteroatoms. The lowest BCUT2D eigenvalue weighted by Gasteiger charge is -2.15. The predicted molar refractivity (Wildman–Crippen MR) is 64.0 cm³/mol. The molecular weight excluding hydrogens is 205 g/mol. The molecule has 0 heterocycles. The molecule has 1 unspecified atom stereocenters. The average Bonchev–Trinajstić information content (AvgIpc) is 2.21. The van der Waals surface area contributed by atoms with Crippen LogP contribution < -0.4 is 10.5 Å². The molecule has 2 nitrogen and oxygen atoms in total. The third-order valence-corrected chi connectivity index (χ3v) is 2.51. The maximum absolute atomic E-state index is 13.6. The van der Waals surface area contributed by atoms with Gasteiger partial charge in [-0.05, 0) is 38.0 Å². The number of nitrogens with two attached hydrogens (primary N) is 1. The topological polar surface area (TPSA) is 35.2 Å². The molecule has 0 radical (unpaired) electrons. The normalized spacial score (nSPS) is 14.6. The Morgan fingerprint density at radius 2 is 2.06 bits per heavy atom. The van der Waals surface area contributed by atoms with E-state index in [1.165, 1.54) is 6.07 Å². The maximum atomic E-state index is 13.6. The van der Waals surface area contributed by atoms with Gasteiger partial charge in [0.15, 0.2) is 11.6 Å². The Morgan fingerprint density at radius 3 is 2.56 bits per heavy atom. The van der Waals surface area contributed by atoms with Crippen LogP contribution in [-0.2, 0) is 0 Å². The second-order valence-electron chi connectivity index (χ2n) is 4.20. The quantitative estimate of drug-likeness (QED) is 0.833. The fourth-order valence-electron chi connectivity index (χ4n) is 1.58. The Balaban J connectivity index is 2.75. The highest BCUT2D eigenvalue weighted by Gasteiger charge is 2.10. The first kappa shape index (κ1) is 13.0. The van der Waals surface area contributed by atoms with E-state index in [1.807, 2.05) is 19.9 Å². The molecule has 0 saturated heterocycles. The van der Waals surface area contributed by atoms with Gasteiger partial charge in [0.2, 0.25) is 0 Å². The summed E-state index contributed by atoms with van der Waals surface area (Å²) in [5.41, 5.74) is 6.46. The first-order valence-corrected chi connectivity index (χ1v) is 5.76. The van der Waals surface area contributed by atoms with Crippen molar-refractivity contribution in [1.29, 1.82) is 0 Å². The lowest BCUT2D eigenvalue weighted by molar-refractivity contribution is 0.200. The Kier molecular flexibility index (Phi) is 4.74. The van der Waals surface area contributed by atoms with Gasteiger partial charge in [0.1, 0.15) is 0 Å². The lowest BCUT2D eigenvalue weighted by Crippen LogP contribution is -2.12. The van der Waals surface area contributed by atoms with E-state index < -0.39 is 0 Å². The Labute approximate surface area is 96.6 Å². The molecule has 0 spiro atoms. The summed E-state index contributed by atoms with van der Waals surface area (Å²) < 4.78 is 19.1. The minimum absolute atomic E-state index is 0.0423. The Hall–Kier alpha value is -1.09. The van der Waals surface area contributed by atoms with Gasteiger partial charge in [0.25, 0.3) is 0 Å². The van der Waals surface area contributed by atoms with E-state index in [1.54, 1.807) is 6.07 Å². The van der Waals surface area contributed by atoms with Gasteiger partial charge < -0.3 is 10.5 Å². The van der Waals surface area contributed by atoms with Crippen molar-refractivity contribution >= 4 is 0 Å². The van der Waals surface area contributed by atoms with Crippen molar-refractivity contribution in [3.8, 4) is 5.75 Å². The fourth-order valence-corrected chi connectivity index (χ4v) is 1.58. The molecule has 2 N–H and O–H groups in total. The van der Waals surface area contributed by atoms with E-state index in [2.05, 4.69) is 6.92 Å². The number of benzene rings is 1. The molecule has 2 atom stereocenters. The first-order chi connectivity index (χ1) is 7.54. The van der Waals surface area contributed by atoms with E-state index in [4.69, 9.17) is 10.5 Å². The monoisotopic (exact) mass is 225 g/mol. The number of hydrogen-bond acceptors (Lipinski definition) is 2. The zero-order chi connectivity index (χ0) is 12.1. The second-order valence-corrected chi connectivity index (χ2v) is 4.20. The number of halogens is 1. The zero-order valence-corrected chi connectivity index (χ0v) is 10.2. The highest BCUT2D eigenvalue weighted by Crippen LogP contribution is 2.22.